The Morgan fingerprint density at radius 3 is 2.12 bits per heavy atom. The molecule has 2 atom stereocenters. The van der Waals surface area contributed by atoms with Crippen molar-refractivity contribution in [3.05, 3.63) is 34.9 Å². The fraction of sp³-hybridized carbons (Fsp3) is 0.571. The predicted molar refractivity (Wildman–Crippen MR) is 64.4 cm³/mol. The van der Waals surface area contributed by atoms with Crippen LogP contribution in [0.2, 0.25) is 0 Å². The highest BCUT2D eigenvalue weighted by Gasteiger charge is 2.42. The minimum atomic E-state index is -0.587. The zero-order valence-electron chi connectivity index (χ0n) is 10.7. The zero-order valence-corrected chi connectivity index (χ0v) is 10.7. The van der Waals surface area contributed by atoms with Crippen LogP contribution in [0.4, 0.5) is 0 Å². The van der Waals surface area contributed by atoms with E-state index in [0.29, 0.717) is 0 Å². The van der Waals surface area contributed by atoms with E-state index >= 15 is 0 Å². The van der Waals surface area contributed by atoms with Gasteiger partial charge in [0.2, 0.25) is 0 Å². The van der Waals surface area contributed by atoms with Crippen molar-refractivity contribution in [3.8, 4) is 0 Å². The summed E-state index contributed by atoms with van der Waals surface area (Å²) in [5.41, 5.74) is 3.63. The highest BCUT2D eigenvalue weighted by atomic mass is 16.8. The lowest BCUT2D eigenvalue weighted by Crippen LogP contribution is -2.24. The Hall–Kier alpha value is -0.860. The molecule has 0 radical (unpaired) electrons. The first-order valence-corrected chi connectivity index (χ1v) is 5.86. The van der Waals surface area contributed by atoms with E-state index in [-0.39, 0.29) is 12.2 Å². The Balaban J connectivity index is 2.37. The molecule has 1 heterocycles. The van der Waals surface area contributed by atoms with E-state index in [4.69, 9.17) is 9.47 Å². The van der Waals surface area contributed by atoms with E-state index in [1.54, 1.807) is 0 Å². The SMILES string of the molecule is Cc1ccc(C2(C)O[C@@H](C)[C@H](C)O2)c(C)c1. The van der Waals surface area contributed by atoms with Gasteiger partial charge in [-0.05, 0) is 40.2 Å². The Morgan fingerprint density at radius 1 is 1.06 bits per heavy atom. The van der Waals surface area contributed by atoms with Gasteiger partial charge in [-0.3, -0.25) is 0 Å². The fourth-order valence-electron chi connectivity index (χ4n) is 2.38. The Bertz CT molecular complexity index is 388. The first-order chi connectivity index (χ1) is 7.42. The standard InChI is InChI=1S/C14H20O2/c1-9-6-7-13(10(2)8-9)14(5)15-11(3)12(4)16-14/h6-8,11-12H,1-5H3/t11-,12-/m0/s1. The molecule has 16 heavy (non-hydrogen) atoms. The molecule has 1 aromatic carbocycles. The lowest BCUT2D eigenvalue weighted by atomic mass is 9.99. The third kappa shape index (κ3) is 1.87. The summed E-state index contributed by atoms with van der Waals surface area (Å²) in [4.78, 5) is 0. The molecule has 2 rings (SSSR count). The largest absolute Gasteiger partial charge is 0.340 e. The molecule has 1 aliphatic heterocycles. The smallest absolute Gasteiger partial charge is 0.193 e. The van der Waals surface area contributed by atoms with E-state index in [1.165, 1.54) is 11.1 Å². The average molecular weight is 220 g/mol. The molecule has 88 valence electrons. The minimum Gasteiger partial charge on any atom is -0.340 e. The van der Waals surface area contributed by atoms with Crippen molar-refractivity contribution in [2.24, 2.45) is 0 Å². The molecule has 0 N–H and O–H groups in total. The van der Waals surface area contributed by atoms with E-state index < -0.39 is 5.79 Å². The second kappa shape index (κ2) is 3.86. The summed E-state index contributed by atoms with van der Waals surface area (Å²) in [6.07, 6.45) is 0.288. The van der Waals surface area contributed by atoms with Crippen LogP contribution >= 0.6 is 0 Å². The third-order valence-electron chi connectivity index (χ3n) is 3.35. The van der Waals surface area contributed by atoms with Crippen LogP contribution in [0, 0.1) is 13.8 Å². The van der Waals surface area contributed by atoms with Crippen molar-refractivity contribution < 1.29 is 9.47 Å². The maximum absolute atomic E-state index is 5.95. The van der Waals surface area contributed by atoms with Gasteiger partial charge >= 0.3 is 0 Å². The summed E-state index contributed by atoms with van der Waals surface area (Å²) < 4.78 is 11.9. The molecule has 1 saturated heterocycles. The van der Waals surface area contributed by atoms with Gasteiger partial charge in [-0.25, -0.2) is 0 Å². The number of benzene rings is 1. The zero-order chi connectivity index (χ0) is 11.9. The number of rotatable bonds is 1. The molecule has 1 aromatic rings. The van der Waals surface area contributed by atoms with Crippen LogP contribution in [0.5, 0.6) is 0 Å². The van der Waals surface area contributed by atoms with Gasteiger partial charge in [0.15, 0.2) is 5.79 Å². The lowest BCUT2D eigenvalue weighted by molar-refractivity contribution is -0.167. The molecular formula is C14H20O2. The van der Waals surface area contributed by atoms with Gasteiger partial charge in [0.05, 0.1) is 12.2 Å². The molecule has 0 bridgehead atoms. The minimum absolute atomic E-state index is 0.144. The highest BCUT2D eigenvalue weighted by molar-refractivity contribution is 5.33. The summed E-state index contributed by atoms with van der Waals surface area (Å²) in [5, 5.41) is 0. The Labute approximate surface area is 97.6 Å². The van der Waals surface area contributed by atoms with Crippen molar-refractivity contribution >= 4 is 0 Å². The van der Waals surface area contributed by atoms with Crippen LogP contribution in [0.25, 0.3) is 0 Å². The fourth-order valence-corrected chi connectivity index (χ4v) is 2.38. The lowest BCUT2D eigenvalue weighted by Gasteiger charge is -2.25. The summed E-state index contributed by atoms with van der Waals surface area (Å²) >= 11 is 0. The number of aryl methyl sites for hydroxylation is 2. The van der Waals surface area contributed by atoms with Gasteiger partial charge in [0, 0.05) is 5.56 Å². The average Bonchev–Trinajstić information content (AvgIpc) is 2.41. The Morgan fingerprint density at radius 2 is 1.62 bits per heavy atom. The van der Waals surface area contributed by atoms with Crippen molar-refractivity contribution in [1.29, 1.82) is 0 Å². The van der Waals surface area contributed by atoms with E-state index in [9.17, 15) is 0 Å². The van der Waals surface area contributed by atoms with Crippen LogP contribution in [0.1, 0.15) is 37.5 Å². The van der Waals surface area contributed by atoms with Gasteiger partial charge in [0.1, 0.15) is 0 Å². The van der Waals surface area contributed by atoms with Crippen molar-refractivity contribution in [1.82, 2.24) is 0 Å². The molecule has 0 aliphatic carbocycles. The molecule has 1 fully saturated rings. The van der Waals surface area contributed by atoms with Gasteiger partial charge in [-0.15, -0.1) is 0 Å². The van der Waals surface area contributed by atoms with Gasteiger partial charge < -0.3 is 9.47 Å². The van der Waals surface area contributed by atoms with Gasteiger partial charge in [-0.1, -0.05) is 23.8 Å². The normalized spacial score (nSPS) is 28.3. The number of ether oxygens (including phenoxy) is 2. The van der Waals surface area contributed by atoms with Crippen molar-refractivity contribution in [2.45, 2.75) is 52.6 Å². The summed E-state index contributed by atoms with van der Waals surface area (Å²) in [5.74, 6) is -0.587. The van der Waals surface area contributed by atoms with Crippen LogP contribution < -0.4 is 0 Å². The van der Waals surface area contributed by atoms with Gasteiger partial charge in [-0.2, -0.15) is 0 Å². The quantitative estimate of drug-likeness (QED) is 0.723. The van der Waals surface area contributed by atoms with E-state index in [0.717, 1.165) is 5.56 Å². The highest BCUT2D eigenvalue weighted by Crippen LogP contribution is 2.38. The third-order valence-corrected chi connectivity index (χ3v) is 3.35. The number of hydrogen-bond donors (Lipinski definition) is 0. The van der Waals surface area contributed by atoms with Crippen molar-refractivity contribution in [3.63, 3.8) is 0 Å². The first kappa shape index (κ1) is 11.6. The molecular weight excluding hydrogens is 200 g/mol. The van der Waals surface area contributed by atoms with Crippen molar-refractivity contribution in [2.75, 3.05) is 0 Å². The second-order valence-corrected chi connectivity index (χ2v) is 4.91. The molecule has 0 aromatic heterocycles. The predicted octanol–water partition coefficient (Wildman–Crippen LogP) is 3.30. The molecule has 1 aliphatic rings. The van der Waals surface area contributed by atoms with Gasteiger partial charge in [0.25, 0.3) is 0 Å². The molecule has 2 nitrogen and oxygen atoms in total. The topological polar surface area (TPSA) is 18.5 Å². The first-order valence-electron chi connectivity index (χ1n) is 5.86. The summed E-state index contributed by atoms with van der Waals surface area (Å²) in [7, 11) is 0. The Kier molecular flexibility index (Phi) is 2.81. The van der Waals surface area contributed by atoms with E-state index in [1.807, 2.05) is 6.92 Å². The second-order valence-electron chi connectivity index (χ2n) is 4.91. The monoisotopic (exact) mass is 220 g/mol. The molecule has 0 spiro atoms. The molecule has 0 unspecified atom stereocenters. The molecule has 2 heteroatoms. The van der Waals surface area contributed by atoms with Crippen LogP contribution in [-0.4, -0.2) is 12.2 Å². The van der Waals surface area contributed by atoms with Crippen LogP contribution in [0.15, 0.2) is 18.2 Å². The van der Waals surface area contributed by atoms with E-state index in [2.05, 4.69) is 45.9 Å². The molecule has 0 amide bonds. The van der Waals surface area contributed by atoms with Crippen LogP contribution in [-0.2, 0) is 15.3 Å². The van der Waals surface area contributed by atoms with Crippen LogP contribution in [0.3, 0.4) is 0 Å². The molecule has 0 saturated carbocycles. The summed E-state index contributed by atoms with van der Waals surface area (Å²) in [6.45, 7) is 10.3. The maximum Gasteiger partial charge on any atom is 0.193 e. The number of hydrogen-bond acceptors (Lipinski definition) is 2. The summed E-state index contributed by atoms with van der Waals surface area (Å²) in [6, 6.07) is 6.38. The maximum atomic E-state index is 5.95.